The molecule has 0 atom stereocenters. The summed E-state index contributed by atoms with van der Waals surface area (Å²) in [6, 6.07) is 23.1. The maximum Gasteiger partial charge on any atom is 0.197 e. The lowest BCUT2D eigenvalue weighted by Gasteiger charge is -2.15. The van der Waals surface area contributed by atoms with Crippen molar-refractivity contribution >= 4 is 33.4 Å². The Bertz CT molecular complexity index is 1050. The van der Waals surface area contributed by atoms with E-state index in [1.54, 1.807) is 12.1 Å². The van der Waals surface area contributed by atoms with Crippen LogP contribution in [0.2, 0.25) is 5.02 Å². The van der Waals surface area contributed by atoms with Crippen molar-refractivity contribution in [2.75, 3.05) is 0 Å². The predicted molar refractivity (Wildman–Crippen MR) is 92.1 cm³/mol. The van der Waals surface area contributed by atoms with Gasteiger partial charge in [0.25, 0.3) is 0 Å². The minimum absolute atomic E-state index is 0.0365. The Morgan fingerprint density at radius 3 is 2.23 bits per heavy atom. The van der Waals surface area contributed by atoms with Crippen molar-refractivity contribution in [1.29, 1.82) is 0 Å². The van der Waals surface area contributed by atoms with E-state index in [4.69, 9.17) is 11.6 Å². The van der Waals surface area contributed by atoms with Gasteiger partial charge in [-0.05, 0) is 42.5 Å². The average Bonchev–Trinajstić information content (AvgIpc) is 2.56. The average molecular weight is 306 g/mol. The number of halogens is 1. The molecule has 0 spiro atoms. The summed E-state index contributed by atoms with van der Waals surface area (Å²) in [5, 5.41) is 2.00. The van der Waals surface area contributed by atoms with Gasteiger partial charge in [-0.3, -0.25) is 4.79 Å². The van der Waals surface area contributed by atoms with Gasteiger partial charge in [-0.2, -0.15) is 0 Å². The zero-order valence-corrected chi connectivity index (χ0v) is 12.4. The van der Waals surface area contributed by atoms with Crippen molar-refractivity contribution in [3.8, 4) is 5.69 Å². The van der Waals surface area contributed by atoms with Crippen LogP contribution in [0.4, 0.5) is 0 Å². The number of fused-ring (bicyclic) bond motifs is 2. The standard InChI is InChI=1S/C19H12ClNO/c20-13-10-11-16-18(12-13)21(14-6-2-1-3-7-14)17-9-5-4-8-15(17)19(16)22/h1-12H. The van der Waals surface area contributed by atoms with Gasteiger partial charge in [0.15, 0.2) is 5.43 Å². The third-order valence-electron chi connectivity index (χ3n) is 3.85. The van der Waals surface area contributed by atoms with Gasteiger partial charge in [-0.1, -0.05) is 41.9 Å². The van der Waals surface area contributed by atoms with Crippen LogP contribution in [0.1, 0.15) is 0 Å². The highest BCUT2D eigenvalue weighted by atomic mass is 35.5. The zero-order valence-electron chi connectivity index (χ0n) is 11.7. The Morgan fingerprint density at radius 1 is 0.727 bits per heavy atom. The quantitative estimate of drug-likeness (QED) is 0.463. The van der Waals surface area contributed by atoms with Gasteiger partial charge in [-0.15, -0.1) is 0 Å². The molecule has 0 N–H and O–H groups in total. The second kappa shape index (κ2) is 5.00. The summed E-state index contributed by atoms with van der Waals surface area (Å²) in [7, 11) is 0. The first-order valence-corrected chi connectivity index (χ1v) is 7.42. The van der Waals surface area contributed by atoms with Crippen molar-refractivity contribution in [2.24, 2.45) is 0 Å². The van der Waals surface area contributed by atoms with E-state index < -0.39 is 0 Å². The van der Waals surface area contributed by atoms with E-state index in [0.717, 1.165) is 16.7 Å². The molecule has 0 bridgehead atoms. The van der Waals surface area contributed by atoms with Crippen molar-refractivity contribution in [2.45, 2.75) is 0 Å². The molecule has 0 radical (unpaired) electrons. The van der Waals surface area contributed by atoms with Gasteiger partial charge in [0, 0.05) is 21.5 Å². The molecule has 3 aromatic carbocycles. The van der Waals surface area contributed by atoms with E-state index in [2.05, 4.69) is 4.57 Å². The van der Waals surface area contributed by atoms with Crippen LogP contribution in [0, 0.1) is 0 Å². The number of benzene rings is 3. The van der Waals surface area contributed by atoms with Gasteiger partial charge in [0.2, 0.25) is 0 Å². The summed E-state index contributed by atoms with van der Waals surface area (Å²) in [5.74, 6) is 0. The van der Waals surface area contributed by atoms with Gasteiger partial charge in [0.1, 0.15) is 0 Å². The lowest BCUT2D eigenvalue weighted by atomic mass is 10.1. The van der Waals surface area contributed by atoms with Crippen LogP contribution < -0.4 is 5.43 Å². The molecule has 3 heteroatoms. The minimum atomic E-state index is 0.0365. The van der Waals surface area contributed by atoms with E-state index >= 15 is 0 Å². The highest BCUT2D eigenvalue weighted by molar-refractivity contribution is 6.31. The summed E-state index contributed by atoms with van der Waals surface area (Å²) in [6.07, 6.45) is 0. The summed E-state index contributed by atoms with van der Waals surface area (Å²) >= 11 is 6.17. The lowest BCUT2D eigenvalue weighted by Crippen LogP contribution is -2.10. The van der Waals surface area contributed by atoms with Crippen LogP contribution >= 0.6 is 11.6 Å². The number of para-hydroxylation sites is 2. The molecule has 1 heterocycles. The van der Waals surface area contributed by atoms with Crippen LogP contribution in [0.5, 0.6) is 0 Å². The van der Waals surface area contributed by atoms with Gasteiger partial charge < -0.3 is 4.57 Å². The highest BCUT2D eigenvalue weighted by Gasteiger charge is 2.11. The molecule has 1 aromatic heterocycles. The smallest absolute Gasteiger partial charge is 0.197 e. The molecule has 2 nitrogen and oxygen atoms in total. The number of hydrogen-bond acceptors (Lipinski definition) is 1. The molecular formula is C19H12ClNO. The Kier molecular flexibility index (Phi) is 2.98. The van der Waals surface area contributed by atoms with Crippen LogP contribution in [0.3, 0.4) is 0 Å². The van der Waals surface area contributed by atoms with E-state index in [1.165, 1.54) is 0 Å². The zero-order chi connectivity index (χ0) is 15.1. The molecule has 0 unspecified atom stereocenters. The van der Waals surface area contributed by atoms with Crippen molar-refractivity contribution in [3.05, 3.63) is 88.0 Å². The molecule has 4 rings (SSSR count). The van der Waals surface area contributed by atoms with E-state index in [1.807, 2.05) is 60.7 Å². The van der Waals surface area contributed by atoms with E-state index in [0.29, 0.717) is 15.8 Å². The molecular weight excluding hydrogens is 294 g/mol. The molecule has 0 saturated carbocycles. The minimum Gasteiger partial charge on any atom is -0.309 e. The molecule has 106 valence electrons. The fourth-order valence-corrected chi connectivity index (χ4v) is 3.04. The SMILES string of the molecule is O=c1c2ccccc2n(-c2ccccc2)c2cc(Cl)ccc12. The molecule has 0 amide bonds. The fraction of sp³-hybridized carbons (Fsp3) is 0. The summed E-state index contributed by atoms with van der Waals surface area (Å²) in [6.45, 7) is 0. The Morgan fingerprint density at radius 2 is 1.41 bits per heavy atom. The molecule has 0 aliphatic rings. The Balaban J connectivity index is 2.31. The monoisotopic (exact) mass is 305 g/mol. The third kappa shape index (κ3) is 1.92. The predicted octanol–water partition coefficient (Wildman–Crippen LogP) is 4.80. The highest BCUT2D eigenvalue weighted by Crippen LogP contribution is 2.25. The van der Waals surface area contributed by atoms with Crippen LogP contribution in [0.25, 0.3) is 27.5 Å². The first-order chi connectivity index (χ1) is 10.8. The maximum absolute atomic E-state index is 12.7. The number of aromatic nitrogens is 1. The number of nitrogens with zero attached hydrogens (tertiary/aromatic N) is 1. The van der Waals surface area contributed by atoms with E-state index in [-0.39, 0.29) is 5.43 Å². The van der Waals surface area contributed by atoms with Gasteiger partial charge >= 0.3 is 0 Å². The normalized spacial score (nSPS) is 11.1. The molecule has 0 saturated heterocycles. The summed E-state index contributed by atoms with van der Waals surface area (Å²) in [5.41, 5.74) is 2.75. The summed E-state index contributed by atoms with van der Waals surface area (Å²) < 4.78 is 2.08. The van der Waals surface area contributed by atoms with Gasteiger partial charge in [0.05, 0.1) is 11.0 Å². The first-order valence-electron chi connectivity index (χ1n) is 7.04. The summed E-state index contributed by atoms with van der Waals surface area (Å²) in [4.78, 5) is 12.7. The Labute approximate surface area is 132 Å². The molecule has 0 fully saturated rings. The second-order valence-corrected chi connectivity index (χ2v) is 5.62. The Hall–Kier alpha value is -2.58. The number of pyridine rings is 1. The second-order valence-electron chi connectivity index (χ2n) is 5.18. The number of hydrogen-bond donors (Lipinski definition) is 0. The first kappa shape index (κ1) is 13.1. The van der Waals surface area contributed by atoms with Crippen LogP contribution in [0.15, 0.2) is 77.6 Å². The molecule has 22 heavy (non-hydrogen) atoms. The topological polar surface area (TPSA) is 22.0 Å². The van der Waals surface area contributed by atoms with Crippen molar-refractivity contribution < 1.29 is 0 Å². The fourth-order valence-electron chi connectivity index (χ4n) is 2.87. The maximum atomic E-state index is 12.7. The van der Waals surface area contributed by atoms with Crippen molar-refractivity contribution in [3.63, 3.8) is 0 Å². The largest absolute Gasteiger partial charge is 0.309 e. The molecule has 4 aromatic rings. The number of rotatable bonds is 1. The molecule has 0 aliphatic carbocycles. The van der Waals surface area contributed by atoms with Crippen molar-refractivity contribution in [1.82, 2.24) is 4.57 Å². The molecule has 0 aliphatic heterocycles. The third-order valence-corrected chi connectivity index (χ3v) is 4.08. The van der Waals surface area contributed by atoms with Gasteiger partial charge in [-0.25, -0.2) is 0 Å². The lowest BCUT2D eigenvalue weighted by molar-refractivity contribution is 1.16. The van der Waals surface area contributed by atoms with Crippen LogP contribution in [-0.4, -0.2) is 4.57 Å². The van der Waals surface area contributed by atoms with E-state index in [9.17, 15) is 4.79 Å². The van der Waals surface area contributed by atoms with Crippen LogP contribution in [-0.2, 0) is 0 Å².